The lowest BCUT2D eigenvalue weighted by Crippen LogP contribution is -2.26. The van der Waals surface area contributed by atoms with Gasteiger partial charge in [0.2, 0.25) is 17.8 Å². The third kappa shape index (κ3) is 4.49. The zero-order valence-electron chi connectivity index (χ0n) is 14.5. The fourth-order valence-electron chi connectivity index (χ4n) is 2.39. The molecule has 8 heteroatoms. The zero-order chi connectivity index (χ0) is 19.2. The number of primary amides is 1. The molecular weight excluding hydrogens is 350 g/mol. The molecule has 1 amide bonds. The molecule has 0 saturated heterocycles. The number of nitrogens with zero attached hydrogens (tertiary/aromatic N) is 2. The fraction of sp³-hybridized carbons (Fsp3) is 0.158. The highest BCUT2D eigenvalue weighted by Crippen LogP contribution is 2.24. The SMILES string of the molecule is Cc1nc(COc2ccccc2C(=O)O[C@@H](C(N)=O)c2ccccc2)no1. The van der Waals surface area contributed by atoms with Crippen molar-refractivity contribution in [2.24, 2.45) is 5.73 Å². The minimum Gasteiger partial charge on any atom is -0.485 e. The van der Waals surface area contributed by atoms with Crippen molar-refractivity contribution in [3.05, 3.63) is 77.4 Å². The third-order valence-corrected chi connectivity index (χ3v) is 3.62. The molecular formula is C19H17N3O5. The van der Waals surface area contributed by atoms with E-state index in [-0.39, 0.29) is 17.9 Å². The van der Waals surface area contributed by atoms with Gasteiger partial charge in [-0.1, -0.05) is 47.6 Å². The normalized spacial score (nSPS) is 11.6. The lowest BCUT2D eigenvalue weighted by atomic mass is 10.1. The van der Waals surface area contributed by atoms with Gasteiger partial charge in [0, 0.05) is 12.5 Å². The van der Waals surface area contributed by atoms with E-state index in [1.165, 1.54) is 6.07 Å². The predicted molar refractivity (Wildman–Crippen MR) is 93.6 cm³/mol. The fourth-order valence-corrected chi connectivity index (χ4v) is 2.39. The number of ether oxygens (including phenoxy) is 2. The first-order valence-electron chi connectivity index (χ1n) is 8.11. The number of benzene rings is 2. The summed E-state index contributed by atoms with van der Waals surface area (Å²) in [6.07, 6.45) is -1.20. The molecule has 0 saturated carbocycles. The van der Waals surface area contributed by atoms with Crippen LogP contribution in [0.5, 0.6) is 5.75 Å². The van der Waals surface area contributed by atoms with Crippen molar-refractivity contribution >= 4 is 11.9 Å². The van der Waals surface area contributed by atoms with Gasteiger partial charge in [0.25, 0.3) is 5.91 Å². The van der Waals surface area contributed by atoms with Crippen LogP contribution < -0.4 is 10.5 Å². The highest BCUT2D eigenvalue weighted by Gasteiger charge is 2.25. The van der Waals surface area contributed by atoms with Crippen molar-refractivity contribution in [3.8, 4) is 5.75 Å². The van der Waals surface area contributed by atoms with Gasteiger partial charge < -0.3 is 19.7 Å². The van der Waals surface area contributed by atoms with Crippen LogP contribution in [0.1, 0.15) is 33.7 Å². The number of rotatable bonds is 7. The van der Waals surface area contributed by atoms with Crippen LogP contribution >= 0.6 is 0 Å². The molecule has 0 aliphatic carbocycles. The van der Waals surface area contributed by atoms with Crippen LogP contribution in [0.3, 0.4) is 0 Å². The molecule has 0 radical (unpaired) electrons. The number of aromatic nitrogens is 2. The summed E-state index contributed by atoms with van der Waals surface area (Å²) in [6.45, 7) is 1.68. The molecule has 1 heterocycles. The number of hydrogen-bond acceptors (Lipinski definition) is 7. The molecule has 2 N–H and O–H groups in total. The van der Waals surface area contributed by atoms with E-state index < -0.39 is 18.0 Å². The monoisotopic (exact) mass is 367 g/mol. The Morgan fingerprint density at radius 1 is 1.11 bits per heavy atom. The molecule has 1 atom stereocenters. The Morgan fingerprint density at radius 2 is 1.81 bits per heavy atom. The van der Waals surface area contributed by atoms with Gasteiger partial charge in [-0.3, -0.25) is 4.79 Å². The standard InChI is InChI=1S/C19H17N3O5/c1-12-21-16(22-27-12)11-25-15-10-6-5-9-14(15)19(24)26-17(18(20)23)13-7-3-2-4-8-13/h2-10,17H,11H2,1H3,(H2,20,23)/t17-/m1/s1. The number of para-hydroxylation sites is 1. The van der Waals surface area contributed by atoms with E-state index >= 15 is 0 Å². The lowest BCUT2D eigenvalue weighted by Gasteiger charge is -2.16. The van der Waals surface area contributed by atoms with E-state index in [2.05, 4.69) is 10.1 Å². The van der Waals surface area contributed by atoms with Crippen LogP contribution in [0.25, 0.3) is 0 Å². The summed E-state index contributed by atoms with van der Waals surface area (Å²) in [5, 5.41) is 3.73. The average Bonchev–Trinajstić information content (AvgIpc) is 3.10. The summed E-state index contributed by atoms with van der Waals surface area (Å²) in [4.78, 5) is 28.4. The topological polar surface area (TPSA) is 118 Å². The Labute approximate surface area is 154 Å². The number of aryl methyl sites for hydroxylation is 1. The molecule has 2 aromatic carbocycles. The first kappa shape index (κ1) is 18.1. The number of amides is 1. The molecule has 1 aromatic heterocycles. The van der Waals surface area contributed by atoms with E-state index in [1.54, 1.807) is 55.5 Å². The van der Waals surface area contributed by atoms with Crippen LogP contribution in [0, 0.1) is 6.92 Å². The molecule has 0 bridgehead atoms. The van der Waals surface area contributed by atoms with Gasteiger partial charge in [-0.05, 0) is 12.1 Å². The second-order valence-electron chi connectivity index (χ2n) is 5.61. The highest BCUT2D eigenvalue weighted by molar-refractivity contribution is 5.94. The van der Waals surface area contributed by atoms with E-state index in [9.17, 15) is 9.59 Å². The van der Waals surface area contributed by atoms with Gasteiger partial charge in [-0.15, -0.1) is 0 Å². The van der Waals surface area contributed by atoms with Gasteiger partial charge >= 0.3 is 5.97 Å². The minimum absolute atomic E-state index is 0.0135. The van der Waals surface area contributed by atoms with Crippen LogP contribution in [-0.2, 0) is 16.1 Å². The second kappa shape index (κ2) is 8.13. The summed E-state index contributed by atoms with van der Waals surface area (Å²) < 4.78 is 15.8. The molecule has 0 aliphatic rings. The van der Waals surface area contributed by atoms with Gasteiger partial charge in [-0.25, -0.2) is 4.79 Å². The number of esters is 1. The van der Waals surface area contributed by atoms with Crippen molar-refractivity contribution in [1.29, 1.82) is 0 Å². The van der Waals surface area contributed by atoms with Gasteiger partial charge in [0.15, 0.2) is 6.61 Å². The van der Waals surface area contributed by atoms with E-state index in [0.717, 1.165) is 0 Å². The largest absolute Gasteiger partial charge is 0.485 e. The minimum atomic E-state index is -1.20. The Hall–Kier alpha value is -3.68. The van der Waals surface area contributed by atoms with Crippen molar-refractivity contribution in [2.75, 3.05) is 0 Å². The molecule has 0 spiro atoms. The Balaban J connectivity index is 1.77. The van der Waals surface area contributed by atoms with Crippen molar-refractivity contribution in [2.45, 2.75) is 19.6 Å². The maximum atomic E-state index is 12.6. The molecule has 27 heavy (non-hydrogen) atoms. The van der Waals surface area contributed by atoms with Crippen LogP contribution in [0.2, 0.25) is 0 Å². The van der Waals surface area contributed by atoms with Crippen molar-refractivity contribution in [1.82, 2.24) is 10.1 Å². The molecule has 3 aromatic rings. The van der Waals surface area contributed by atoms with Gasteiger partial charge in [0.1, 0.15) is 11.3 Å². The van der Waals surface area contributed by atoms with E-state index in [1.807, 2.05) is 0 Å². The number of carbonyl (C=O) groups excluding carboxylic acids is 2. The number of carbonyl (C=O) groups is 2. The van der Waals surface area contributed by atoms with E-state index in [4.69, 9.17) is 19.7 Å². The zero-order valence-corrected chi connectivity index (χ0v) is 14.5. The summed E-state index contributed by atoms with van der Waals surface area (Å²) in [5.41, 5.74) is 6.03. The average molecular weight is 367 g/mol. The Bertz CT molecular complexity index is 939. The number of hydrogen-bond donors (Lipinski definition) is 1. The summed E-state index contributed by atoms with van der Waals surface area (Å²) >= 11 is 0. The lowest BCUT2D eigenvalue weighted by molar-refractivity contribution is -0.127. The first-order chi connectivity index (χ1) is 13.0. The quantitative estimate of drug-likeness (QED) is 0.637. The van der Waals surface area contributed by atoms with Gasteiger partial charge in [0.05, 0.1) is 0 Å². The highest BCUT2D eigenvalue weighted by atomic mass is 16.6. The summed E-state index contributed by atoms with van der Waals surface area (Å²) in [5.74, 6) is -0.484. The molecule has 0 fully saturated rings. The van der Waals surface area contributed by atoms with Crippen LogP contribution in [0.4, 0.5) is 0 Å². The van der Waals surface area contributed by atoms with Crippen molar-refractivity contribution in [3.63, 3.8) is 0 Å². The predicted octanol–water partition coefficient (Wildman–Crippen LogP) is 2.34. The second-order valence-corrected chi connectivity index (χ2v) is 5.61. The third-order valence-electron chi connectivity index (χ3n) is 3.62. The van der Waals surface area contributed by atoms with Crippen LogP contribution in [0.15, 0.2) is 59.1 Å². The Morgan fingerprint density at radius 3 is 2.48 bits per heavy atom. The molecule has 0 unspecified atom stereocenters. The first-order valence-corrected chi connectivity index (χ1v) is 8.11. The smallest absolute Gasteiger partial charge is 0.343 e. The Kier molecular flexibility index (Phi) is 5.46. The maximum Gasteiger partial charge on any atom is 0.343 e. The maximum absolute atomic E-state index is 12.6. The molecule has 3 rings (SSSR count). The summed E-state index contributed by atoms with van der Waals surface area (Å²) in [7, 11) is 0. The van der Waals surface area contributed by atoms with Crippen molar-refractivity contribution < 1.29 is 23.6 Å². The van der Waals surface area contributed by atoms with Gasteiger partial charge in [-0.2, -0.15) is 4.98 Å². The molecule has 8 nitrogen and oxygen atoms in total. The molecule has 138 valence electrons. The van der Waals surface area contributed by atoms with Crippen LogP contribution in [-0.4, -0.2) is 22.0 Å². The summed E-state index contributed by atoms with van der Waals surface area (Å²) in [6, 6.07) is 15.0. The number of nitrogens with two attached hydrogens (primary N) is 1. The molecule has 0 aliphatic heterocycles. The van der Waals surface area contributed by atoms with E-state index in [0.29, 0.717) is 17.3 Å².